The van der Waals surface area contributed by atoms with Gasteiger partial charge in [-0.2, -0.15) is 18.3 Å². The summed E-state index contributed by atoms with van der Waals surface area (Å²) in [6.45, 7) is -0.121. The average Bonchev–Trinajstić information content (AvgIpc) is 3.72. The Hall–Kier alpha value is -2.61. The van der Waals surface area contributed by atoms with Crippen LogP contribution in [-0.4, -0.2) is 26.6 Å². The molecule has 3 aromatic heterocycles. The van der Waals surface area contributed by atoms with E-state index in [0.717, 1.165) is 37.0 Å². The minimum absolute atomic E-state index is 0.00212. The van der Waals surface area contributed by atoms with Crippen molar-refractivity contribution in [3.63, 3.8) is 0 Å². The fourth-order valence-electron chi connectivity index (χ4n) is 4.23. The number of thiophene rings is 1. The van der Waals surface area contributed by atoms with Crippen LogP contribution in [0.4, 0.5) is 27.6 Å². The molecule has 0 aromatic carbocycles. The number of hydrogen-bond donors (Lipinski definition) is 2. The van der Waals surface area contributed by atoms with E-state index in [1.165, 1.54) is 10.7 Å². The number of alkyl halides is 5. The first-order chi connectivity index (χ1) is 17.0. The van der Waals surface area contributed by atoms with Gasteiger partial charge in [-0.05, 0) is 59.2 Å². The summed E-state index contributed by atoms with van der Waals surface area (Å²) in [5.74, 6) is -1.50. The van der Waals surface area contributed by atoms with Crippen molar-refractivity contribution in [3.05, 3.63) is 38.1 Å². The molecular weight excluding hydrogens is 573 g/mol. The molecule has 0 radical (unpaired) electrons. The van der Waals surface area contributed by atoms with E-state index in [0.29, 0.717) is 16.6 Å². The van der Waals surface area contributed by atoms with Crippen LogP contribution in [0.2, 0.25) is 0 Å². The molecule has 36 heavy (non-hydrogen) atoms. The lowest BCUT2D eigenvalue weighted by Gasteiger charge is -2.11. The zero-order chi connectivity index (χ0) is 25.9. The first-order valence-corrected chi connectivity index (χ1v) is 12.7. The maximum Gasteiger partial charge on any atom is 0.436 e. The van der Waals surface area contributed by atoms with Gasteiger partial charge in [-0.25, -0.2) is 13.8 Å². The van der Waals surface area contributed by atoms with Gasteiger partial charge in [0.15, 0.2) is 5.69 Å². The Morgan fingerprint density at radius 1 is 1.22 bits per heavy atom. The van der Waals surface area contributed by atoms with Gasteiger partial charge in [0.1, 0.15) is 15.4 Å². The summed E-state index contributed by atoms with van der Waals surface area (Å²) in [6, 6.07) is 1.29. The van der Waals surface area contributed by atoms with Crippen molar-refractivity contribution in [1.82, 2.24) is 14.8 Å². The van der Waals surface area contributed by atoms with Crippen LogP contribution in [-0.2, 0) is 17.5 Å². The second-order valence-corrected chi connectivity index (χ2v) is 10.7. The first-order valence-electron chi connectivity index (χ1n) is 11.1. The summed E-state index contributed by atoms with van der Waals surface area (Å²) < 4.78 is 67.9. The molecule has 0 atom stereocenters. The molecule has 3 N–H and O–H groups in total. The van der Waals surface area contributed by atoms with E-state index in [4.69, 9.17) is 5.73 Å². The van der Waals surface area contributed by atoms with Gasteiger partial charge in [0.25, 0.3) is 12.3 Å². The molecule has 2 saturated carbocycles. The predicted octanol–water partition coefficient (Wildman–Crippen LogP) is 6.09. The Morgan fingerprint density at radius 2 is 1.89 bits per heavy atom. The summed E-state index contributed by atoms with van der Waals surface area (Å²) in [5, 5.41) is 6.73. The zero-order valence-corrected chi connectivity index (χ0v) is 20.9. The predicted molar refractivity (Wildman–Crippen MR) is 125 cm³/mol. The number of fused-ring (bicyclic) bond motifs is 1. The molecule has 3 heterocycles. The zero-order valence-electron chi connectivity index (χ0n) is 18.5. The summed E-state index contributed by atoms with van der Waals surface area (Å²) in [6.07, 6.45) is -4.68. The highest BCUT2D eigenvalue weighted by molar-refractivity contribution is 9.10. The Balaban J connectivity index is 1.44. The van der Waals surface area contributed by atoms with Crippen molar-refractivity contribution in [2.24, 2.45) is 5.73 Å². The molecule has 2 fully saturated rings. The van der Waals surface area contributed by atoms with Crippen LogP contribution in [0.5, 0.6) is 0 Å². The van der Waals surface area contributed by atoms with Crippen molar-refractivity contribution in [1.29, 1.82) is 0 Å². The van der Waals surface area contributed by atoms with E-state index in [1.807, 2.05) is 0 Å². The van der Waals surface area contributed by atoms with Crippen LogP contribution in [0.3, 0.4) is 0 Å². The van der Waals surface area contributed by atoms with Gasteiger partial charge in [-0.3, -0.25) is 14.3 Å². The maximum atomic E-state index is 13.4. The number of nitrogens with one attached hydrogen (secondary N) is 1. The molecule has 0 unspecified atom stereocenters. The van der Waals surface area contributed by atoms with E-state index in [2.05, 4.69) is 31.3 Å². The molecule has 0 spiro atoms. The summed E-state index contributed by atoms with van der Waals surface area (Å²) in [5.41, 5.74) is 5.10. The molecule has 5 rings (SSSR count). The van der Waals surface area contributed by atoms with Crippen molar-refractivity contribution in [2.75, 3.05) is 5.32 Å². The van der Waals surface area contributed by atoms with Crippen molar-refractivity contribution < 1.29 is 31.5 Å². The third-order valence-corrected chi connectivity index (χ3v) is 8.04. The highest BCUT2D eigenvalue weighted by atomic mass is 79.9. The molecule has 0 bridgehead atoms. The number of aryl methyl sites for hydroxylation is 1. The number of aromatic nitrogens is 3. The Morgan fingerprint density at radius 3 is 2.44 bits per heavy atom. The summed E-state index contributed by atoms with van der Waals surface area (Å²) in [7, 11) is 0. The van der Waals surface area contributed by atoms with Crippen LogP contribution in [0.15, 0.2) is 10.5 Å². The molecule has 0 saturated heterocycles. The molecule has 0 aliphatic heterocycles. The van der Waals surface area contributed by atoms with Gasteiger partial charge >= 0.3 is 6.18 Å². The van der Waals surface area contributed by atoms with Crippen LogP contribution in [0.25, 0.3) is 10.2 Å². The number of carbonyl (C=O) groups is 2. The van der Waals surface area contributed by atoms with Gasteiger partial charge in [0.05, 0.1) is 22.4 Å². The van der Waals surface area contributed by atoms with Gasteiger partial charge in [0, 0.05) is 17.7 Å². The standard InChI is InChI=1S/C22H19BrF5N5O2S/c23-14-16(9-3-4-9)33(32-18(14)22(26,27)28)6-5-12(34)31-15-13-10(8-1-2-8)7-11(19(24)25)30-21(13)36-17(15)20(29)35/h7-9,19H,1-6H2,(H2,29,35)(H,31,34). The molecule has 192 valence electrons. The van der Waals surface area contributed by atoms with Crippen LogP contribution >= 0.6 is 27.3 Å². The number of nitrogens with zero attached hydrogens (tertiary/aromatic N) is 3. The second kappa shape index (κ2) is 9.05. The minimum atomic E-state index is -4.65. The number of halogens is 6. The van der Waals surface area contributed by atoms with E-state index in [1.54, 1.807) is 0 Å². The van der Waals surface area contributed by atoms with Crippen LogP contribution < -0.4 is 11.1 Å². The average molecular weight is 592 g/mol. The molecule has 7 nitrogen and oxygen atoms in total. The molecule has 2 aliphatic carbocycles. The van der Waals surface area contributed by atoms with Gasteiger partial charge in [-0.1, -0.05) is 0 Å². The van der Waals surface area contributed by atoms with Crippen molar-refractivity contribution in [3.8, 4) is 0 Å². The smallest absolute Gasteiger partial charge is 0.365 e. The van der Waals surface area contributed by atoms with Crippen LogP contribution in [0.1, 0.15) is 82.7 Å². The molecule has 2 amide bonds. The number of primary amides is 1. The van der Waals surface area contributed by atoms with Gasteiger partial charge < -0.3 is 11.1 Å². The third kappa shape index (κ3) is 4.72. The normalized spacial score (nSPS) is 16.2. The second-order valence-electron chi connectivity index (χ2n) is 8.90. The van der Waals surface area contributed by atoms with Gasteiger partial charge in [0.2, 0.25) is 5.91 Å². The SMILES string of the molecule is NC(=O)c1sc2nc(C(F)F)cc(C3CC3)c2c1NC(=O)CCn1nc(C(F)(F)F)c(Br)c1C1CC1. The minimum Gasteiger partial charge on any atom is -0.365 e. The summed E-state index contributed by atoms with van der Waals surface area (Å²) >= 11 is 3.84. The van der Waals surface area contributed by atoms with E-state index in [-0.39, 0.29) is 44.7 Å². The molecule has 14 heteroatoms. The molecular formula is C22H19BrF5N5O2S. The maximum absolute atomic E-state index is 13.4. The largest absolute Gasteiger partial charge is 0.436 e. The summed E-state index contributed by atoms with van der Waals surface area (Å²) in [4.78, 5) is 29.1. The fourth-order valence-corrected chi connectivity index (χ4v) is 6.08. The first kappa shape index (κ1) is 25.1. The molecule has 2 aliphatic rings. The van der Waals surface area contributed by atoms with Crippen molar-refractivity contribution in [2.45, 2.75) is 63.1 Å². The Labute approximate surface area is 213 Å². The van der Waals surface area contributed by atoms with Crippen LogP contribution in [0, 0.1) is 0 Å². The number of hydrogen-bond acceptors (Lipinski definition) is 5. The number of carbonyl (C=O) groups excluding carboxylic acids is 2. The lowest BCUT2D eigenvalue weighted by atomic mass is 10.0. The number of amides is 2. The number of pyridine rings is 1. The highest BCUT2D eigenvalue weighted by Crippen LogP contribution is 2.49. The van der Waals surface area contributed by atoms with Gasteiger partial charge in [-0.15, -0.1) is 11.3 Å². The number of nitrogens with two attached hydrogens (primary N) is 1. The number of anilines is 1. The van der Waals surface area contributed by atoms with Crippen molar-refractivity contribution >= 4 is 55.0 Å². The Bertz CT molecular complexity index is 1380. The van der Waals surface area contributed by atoms with E-state index in [9.17, 15) is 31.5 Å². The lowest BCUT2D eigenvalue weighted by molar-refractivity contribution is -0.142. The Kier molecular flexibility index (Phi) is 6.30. The highest BCUT2D eigenvalue weighted by Gasteiger charge is 2.41. The monoisotopic (exact) mass is 591 g/mol. The number of rotatable bonds is 8. The van der Waals surface area contributed by atoms with E-state index < -0.39 is 35.8 Å². The molecule has 3 aromatic rings. The van der Waals surface area contributed by atoms with E-state index >= 15 is 0 Å². The fraction of sp³-hybridized carbons (Fsp3) is 0.455. The quantitative estimate of drug-likeness (QED) is 0.309. The lowest BCUT2D eigenvalue weighted by Crippen LogP contribution is -2.19. The third-order valence-electron chi connectivity index (χ3n) is 6.16. The topological polar surface area (TPSA) is 103 Å².